The summed E-state index contributed by atoms with van der Waals surface area (Å²) < 4.78 is 5.36. The van der Waals surface area contributed by atoms with Crippen molar-refractivity contribution in [2.75, 3.05) is 7.11 Å². The van der Waals surface area contributed by atoms with Crippen LogP contribution in [0.5, 0.6) is 5.75 Å². The molecule has 0 saturated carbocycles. The standard InChI is InChI=1S/C14H13ClO/c1-16-14-8-7-11(10-15)9-13(14)12-5-3-2-4-6-12/h2-9H,10H2,1H3. The third-order valence-electron chi connectivity index (χ3n) is 2.50. The van der Waals surface area contributed by atoms with Crippen molar-refractivity contribution in [2.45, 2.75) is 5.88 Å². The summed E-state index contributed by atoms with van der Waals surface area (Å²) >= 11 is 5.84. The van der Waals surface area contributed by atoms with Gasteiger partial charge in [-0.2, -0.15) is 0 Å². The molecular formula is C14H13ClO. The third kappa shape index (κ3) is 2.20. The first-order valence-corrected chi connectivity index (χ1v) is 5.67. The first kappa shape index (κ1) is 11.0. The average molecular weight is 233 g/mol. The molecule has 0 aliphatic rings. The summed E-state index contributed by atoms with van der Waals surface area (Å²) in [6, 6.07) is 16.2. The number of alkyl halides is 1. The van der Waals surface area contributed by atoms with Gasteiger partial charge < -0.3 is 4.74 Å². The Morgan fingerprint density at radius 1 is 1.06 bits per heavy atom. The molecule has 0 atom stereocenters. The maximum Gasteiger partial charge on any atom is 0.126 e. The van der Waals surface area contributed by atoms with Gasteiger partial charge in [0.05, 0.1) is 7.11 Å². The lowest BCUT2D eigenvalue weighted by molar-refractivity contribution is 0.416. The molecule has 0 spiro atoms. The van der Waals surface area contributed by atoms with Crippen LogP contribution in [-0.4, -0.2) is 7.11 Å². The molecule has 2 aromatic carbocycles. The van der Waals surface area contributed by atoms with Crippen LogP contribution in [0.3, 0.4) is 0 Å². The normalized spacial score (nSPS) is 10.1. The Hall–Kier alpha value is -1.47. The zero-order valence-corrected chi connectivity index (χ0v) is 9.87. The number of ether oxygens (including phenoxy) is 1. The molecule has 2 aromatic rings. The number of hydrogen-bond donors (Lipinski definition) is 0. The van der Waals surface area contributed by atoms with Gasteiger partial charge in [-0.15, -0.1) is 11.6 Å². The second-order valence-corrected chi connectivity index (χ2v) is 3.80. The van der Waals surface area contributed by atoms with E-state index < -0.39 is 0 Å². The Morgan fingerprint density at radius 2 is 1.81 bits per heavy atom. The van der Waals surface area contributed by atoms with Crippen LogP contribution in [0.25, 0.3) is 11.1 Å². The second kappa shape index (κ2) is 5.04. The molecule has 0 aromatic heterocycles. The van der Waals surface area contributed by atoms with Crippen LogP contribution in [0, 0.1) is 0 Å². The molecular weight excluding hydrogens is 220 g/mol. The lowest BCUT2D eigenvalue weighted by Crippen LogP contribution is -1.89. The number of methoxy groups -OCH3 is 1. The van der Waals surface area contributed by atoms with Crippen molar-refractivity contribution in [3.05, 3.63) is 54.1 Å². The monoisotopic (exact) mass is 232 g/mol. The molecule has 0 N–H and O–H groups in total. The first-order chi connectivity index (χ1) is 7.85. The summed E-state index contributed by atoms with van der Waals surface area (Å²) in [7, 11) is 1.68. The molecule has 0 saturated heterocycles. The van der Waals surface area contributed by atoms with E-state index in [2.05, 4.69) is 18.2 Å². The SMILES string of the molecule is COc1ccc(CCl)cc1-c1ccccc1. The lowest BCUT2D eigenvalue weighted by atomic mass is 10.0. The highest BCUT2D eigenvalue weighted by Gasteiger charge is 2.05. The average Bonchev–Trinajstić information content (AvgIpc) is 2.39. The topological polar surface area (TPSA) is 9.23 Å². The summed E-state index contributed by atoms with van der Waals surface area (Å²) in [5.41, 5.74) is 3.33. The number of benzene rings is 2. The van der Waals surface area contributed by atoms with Crippen LogP contribution >= 0.6 is 11.6 Å². The van der Waals surface area contributed by atoms with Gasteiger partial charge in [0.15, 0.2) is 0 Å². The summed E-state index contributed by atoms with van der Waals surface area (Å²) in [5.74, 6) is 1.39. The molecule has 2 rings (SSSR count). The van der Waals surface area contributed by atoms with Gasteiger partial charge in [0.2, 0.25) is 0 Å². The summed E-state index contributed by atoms with van der Waals surface area (Å²) in [4.78, 5) is 0. The predicted molar refractivity (Wildman–Crippen MR) is 68.0 cm³/mol. The molecule has 0 radical (unpaired) electrons. The van der Waals surface area contributed by atoms with Crippen molar-refractivity contribution in [1.29, 1.82) is 0 Å². The van der Waals surface area contributed by atoms with Gasteiger partial charge >= 0.3 is 0 Å². The van der Waals surface area contributed by atoms with Crippen LogP contribution in [0.4, 0.5) is 0 Å². The highest BCUT2D eigenvalue weighted by atomic mass is 35.5. The minimum absolute atomic E-state index is 0.518. The third-order valence-corrected chi connectivity index (χ3v) is 2.81. The van der Waals surface area contributed by atoms with Crippen molar-refractivity contribution in [3.63, 3.8) is 0 Å². The van der Waals surface area contributed by atoms with Gasteiger partial charge in [0.1, 0.15) is 5.75 Å². The fourth-order valence-corrected chi connectivity index (χ4v) is 1.85. The molecule has 82 valence electrons. The van der Waals surface area contributed by atoms with E-state index in [1.165, 1.54) is 0 Å². The molecule has 0 fully saturated rings. The smallest absolute Gasteiger partial charge is 0.126 e. The van der Waals surface area contributed by atoms with Crippen LogP contribution < -0.4 is 4.74 Å². The molecule has 0 amide bonds. The van der Waals surface area contributed by atoms with Gasteiger partial charge in [0, 0.05) is 11.4 Å². The highest BCUT2D eigenvalue weighted by Crippen LogP contribution is 2.31. The van der Waals surface area contributed by atoms with E-state index in [0.29, 0.717) is 5.88 Å². The summed E-state index contributed by atoms with van der Waals surface area (Å²) in [6.45, 7) is 0. The molecule has 0 bridgehead atoms. The number of rotatable bonds is 3. The van der Waals surface area contributed by atoms with E-state index in [-0.39, 0.29) is 0 Å². The molecule has 0 heterocycles. The molecule has 16 heavy (non-hydrogen) atoms. The van der Waals surface area contributed by atoms with Crippen LogP contribution in [0.1, 0.15) is 5.56 Å². The Labute approximate surface area is 101 Å². The van der Waals surface area contributed by atoms with E-state index in [4.69, 9.17) is 16.3 Å². The largest absolute Gasteiger partial charge is 0.496 e. The van der Waals surface area contributed by atoms with Crippen molar-refractivity contribution >= 4 is 11.6 Å². The van der Waals surface area contributed by atoms with E-state index in [1.54, 1.807) is 7.11 Å². The molecule has 1 nitrogen and oxygen atoms in total. The maximum absolute atomic E-state index is 5.84. The minimum Gasteiger partial charge on any atom is -0.496 e. The number of hydrogen-bond acceptors (Lipinski definition) is 1. The van der Waals surface area contributed by atoms with E-state index in [9.17, 15) is 0 Å². The Balaban J connectivity index is 2.53. The highest BCUT2D eigenvalue weighted by molar-refractivity contribution is 6.17. The Morgan fingerprint density at radius 3 is 2.44 bits per heavy atom. The van der Waals surface area contributed by atoms with Gasteiger partial charge in [-0.1, -0.05) is 36.4 Å². The van der Waals surface area contributed by atoms with Crippen molar-refractivity contribution < 1.29 is 4.74 Å². The van der Waals surface area contributed by atoms with E-state index in [0.717, 1.165) is 22.4 Å². The van der Waals surface area contributed by atoms with Crippen molar-refractivity contribution in [2.24, 2.45) is 0 Å². The van der Waals surface area contributed by atoms with Gasteiger partial charge in [-0.25, -0.2) is 0 Å². The summed E-state index contributed by atoms with van der Waals surface area (Å²) in [5, 5.41) is 0. The zero-order valence-electron chi connectivity index (χ0n) is 9.11. The fourth-order valence-electron chi connectivity index (χ4n) is 1.68. The fraction of sp³-hybridized carbons (Fsp3) is 0.143. The van der Waals surface area contributed by atoms with Crippen molar-refractivity contribution in [3.8, 4) is 16.9 Å². The van der Waals surface area contributed by atoms with Crippen molar-refractivity contribution in [1.82, 2.24) is 0 Å². The molecule has 2 heteroatoms. The van der Waals surface area contributed by atoms with Gasteiger partial charge in [0.25, 0.3) is 0 Å². The predicted octanol–water partition coefficient (Wildman–Crippen LogP) is 4.10. The molecule has 0 aliphatic carbocycles. The number of halogens is 1. The quantitative estimate of drug-likeness (QED) is 0.724. The lowest BCUT2D eigenvalue weighted by Gasteiger charge is -2.09. The van der Waals surface area contributed by atoms with Gasteiger partial charge in [-0.3, -0.25) is 0 Å². The van der Waals surface area contributed by atoms with E-state index in [1.807, 2.05) is 30.3 Å². The molecule has 0 aliphatic heterocycles. The Kier molecular flexibility index (Phi) is 3.47. The second-order valence-electron chi connectivity index (χ2n) is 3.53. The Bertz CT molecular complexity index is 465. The van der Waals surface area contributed by atoms with Crippen LogP contribution in [-0.2, 0) is 5.88 Å². The molecule has 0 unspecified atom stereocenters. The van der Waals surface area contributed by atoms with Crippen LogP contribution in [0.15, 0.2) is 48.5 Å². The zero-order chi connectivity index (χ0) is 11.4. The van der Waals surface area contributed by atoms with E-state index >= 15 is 0 Å². The van der Waals surface area contributed by atoms with Crippen LogP contribution in [0.2, 0.25) is 0 Å². The summed E-state index contributed by atoms with van der Waals surface area (Å²) in [6.07, 6.45) is 0. The first-order valence-electron chi connectivity index (χ1n) is 5.13. The maximum atomic E-state index is 5.84. The minimum atomic E-state index is 0.518. The van der Waals surface area contributed by atoms with Gasteiger partial charge in [-0.05, 0) is 23.3 Å².